The molecule has 0 spiro atoms. The number of aliphatic carboxylic acids is 1. The van der Waals surface area contributed by atoms with E-state index in [1.807, 2.05) is 0 Å². The monoisotopic (exact) mass is 779 g/mol. The maximum Gasteiger partial charge on any atom is 0.303 e. The van der Waals surface area contributed by atoms with Gasteiger partial charge in [0.1, 0.15) is 13.2 Å². The SMILES string of the molecule is CC(=O)COCCOCCNC(=O)COCCOCCNC(=O)CCC(NC(=O)CCCCCCCCCCCCCCCCCCC(=O)O)P(O)O. The summed E-state index contributed by atoms with van der Waals surface area (Å²) in [6.07, 6.45) is 18.9. The highest BCUT2D eigenvalue weighted by Gasteiger charge is 2.21. The van der Waals surface area contributed by atoms with Gasteiger partial charge in [-0.3, -0.25) is 24.0 Å². The highest BCUT2D eigenvalue weighted by atomic mass is 31.2. The van der Waals surface area contributed by atoms with Gasteiger partial charge in [-0.1, -0.05) is 89.9 Å². The summed E-state index contributed by atoms with van der Waals surface area (Å²) in [4.78, 5) is 77.0. The molecule has 0 aromatic carbocycles. The summed E-state index contributed by atoms with van der Waals surface area (Å²) >= 11 is 0. The topological polar surface area (TPSA) is 219 Å². The number of hydrogen-bond acceptors (Lipinski definition) is 11. The summed E-state index contributed by atoms with van der Waals surface area (Å²) in [6, 6.07) is 0. The molecule has 0 bridgehead atoms. The fourth-order valence-electron chi connectivity index (χ4n) is 5.29. The van der Waals surface area contributed by atoms with Gasteiger partial charge < -0.3 is 49.8 Å². The van der Waals surface area contributed by atoms with Crippen molar-refractivity contribution < 1.29 is 57.8 Å². The summed E-state index contributed by atoms with van der Waals surface area (Å²) in [6.45, 7) is 3.59. The number of carboxylic acids is 1. The predicted octanol–water partition coefficient (Wildman–Crippen LogP) is 4.50. The van der Waals surface area contributed by atoms with Crippen LogP contribution in [0.15, 0.2) is 0 Å². The molecule has 1 unspecified atom stereocenters. The van der Waals surface area contributed by atoms with Crippen LogP contribution in [-0.2, 0) is 42.9 Å². The zero-order chi connectivity index (χ0) is 39.2. The lowest BCUT2D eigenvalue weighted by Gasteiger charge is -2.19. The summed E-state index contributed by atoms with van der Waals surface area (Å²) in [5.74, 6) is -2.43. The van der Waals surface area contributed by atoms with Crippen LogP contribution < -0.4 is 16.0 Å². The second-order valence-electron chi connectivity index (χ2n) is 13.2. The number of amides is 3. The van der Waals surface area contributed by atoms with Crippen LogP contribution in [-0.4, -0.2) is 116 Å². The number of nitrogens with one attached hydrogen (secondary N) is 3. The Bertz CT molecular complexity index is 945. The van der Waals surface area contributed by atoms with Crippen molar-refractivity contribution in [2.45, 2.75) is 141 Å². The van der Waals surface area contributed by atoms with Crippen LogP contribution in [0.2, 0.25) is 0 Å². The maximum absolute atomic E-state index is 12.3. The Kier molecular flexibility index (Phi) is 36.4. The minimum atomic E-state index is -2.42. The Morgan fingerprint density at radius 2 is 0.925 bits per heavy atom. The Balaban J connectivity index is 3.63. The van der Waals surface area contributed by atoms with Crippen molar-refractivity contribution in [3.05, 3.63) is 0 Å². The summed E-state index contributed by atoms with van der Waals surface area (Å²) in [5.41, 5.74) is 0. The molecule has 0 aliphatic carbocycles. The van der Waals surface area contributed by atoms with Crippen molar-refractivity contribution in [1.82, 2.24) is 16.0 Å². The van der Waals surface area contributed by atoms with E-state index in [-0.39, 0.29) is 82.3 Å². The molecule has 0 aliphatic rings. The molecule has 6 N–H and O–H groups in total. The Hall–Kier alpha value is -2.26. The van der Waals surface area contributed by atoms with Gasteiger partial charge in [-0.25, -0.2) is 0 Å². The number of carbonyl (C=O) groups is 5. The van der Waals surface area contributed by atoms with Gasteiger partial charge in [0.05, 0.1) is 45.4 Å². The molecule has 0 rings (SSSR count). The van der Waals surface area contributed by atoms with Gasteiger partial charge >= 0.3 is 5.97 Å². The van der Waals surface area contributed by atoms with Gasteiger partial charge in [0.25, 0.3) is 0 Å². The minimum absolute atomic E-state index is 0.0272. The van der Waals surface area contributed by atoms with E-state index in [9.17, 15) is 33.8 Å². The van der Waals surface area contributed by atoms with Crippen molar-refractivity contribution in [2.75, 3.05) is 65.9 Å². The third-order valence-electron chi connectivity index (χ3n) is 8.22. The van der Waals surface area contributed by atoms with E-state index in [1.54, 1.807) is 0 Å². The van der Waals surface area contributed by atoms with E-state index in [4.69, 9.17) is 24.1 Å². The lowest BCUT2D eigenvalue weighted by Crippen LogP contribution is -2.35. The van der Waals surface area contributed by atoms with Crippen LogP contribution in [0.4, 0.5) is 0 Å². The van der Waals surface area contributed by atoms with Crippen molar-refractivity contribution in [1.29, 1.82) is 0 Å². The quantitative estimate of drug-likeness (QED) is 0.0374. The molecule has 0 fully saturated rings. The van der Waals surface area contributed by atoms with Crippen LogP contribution in [0, 0.1) is 0 Å². The highest BCUT2D eigenvalue weighted by molar-refractivity contribution is 7.45. The molecule has 0 saturated carbocycles. The molecule has 310 valence electrons. The third kappa shape index (κ3) is 39.3. The summed E-state index contributed by atoms with van der Waals surface area (Å²) < 4.78 is 21.0. The third-order valence-corrected chi connectivity index (χ3v) is 9.16. The van der Waals surface area contributed by atoms with Gasteiger partial charge in [-0.05, 0) is 26.2 Å². The van der Waals surface area contributed by atoms with Gasteiger partial charge in [0, 0.05) is 32.4 Å². The van der Waals surface area contributed by atoms with E-state index in [1.165, 1.54) is 64.7 Å². The van der Waals surface area contributed by atoms with Crippen molar-refractivity contribution in [3.63, 3.8) is 0 Å². The smallest absolute Gasteiger partial charge is 0.303 e. The van der Waals surface area contributed by atoms with E-state index < -0.39 is 20.1 Å². The molecule has 16 heteroatoms. The standard InChI is InChI=1S/C37H70N3O12P/c1-32(41)30-51-28-26-50-25-23-39-35(44)31-52-29-27-49-24-22-38-33(42)20-21-36(53(47)48)40-34(43)18-16-14-12-10-8-6-4-2-3-5-7-9-11-13-15-17-19-37(45)46/h36,47-48H,2-31H2,1H3,(H,38,42)(H,39,44)(H,40,43)(H,45,46). The highest BCUT2D eigenvalue weighted by Crippen LogP contribution is 2.32. The molecule has 0 aromatic heterocycles. The molecule has 1 atom stereocenters. The van der Waals surface area contributed by atoms with Gasteiger partial charge in [0.15, 0.2) is 14.2 Å². The maximum atomic E-state index is 12.3. The van der Waals surface area contributed by atoms with Crippen LogP contribution in [0.1, 0.15) is 135 Å². The molecule has 15 nitrogen and oxygen atoms in total. The fourth-order valence-corrected chi connectivity index (χ4v) is 5.91. The average Bonchev–Trinajstić information content (AvgIpc) is 3.11. The predicted molar refractivity (Wildman–Crippen MR) is 203 cm³/mol. The minimum Gasteiger partial charge on any atom is -0.481 e. The van der Waals surface area contributed by atoms with Crippen molar-refractivity contribution >= 4 is 37.8 Å². The fraction of sp³-hybridized carbons (Fsp3) is 0.865. The first kappa shape index (κ1) is 50.7. The number of carboxylic acid groups (broad SMARTS) is 1. The number of unbranched alkanes of at least 4 members (excludes halogenated alkanes) is 15. The van der Waals surface area contributed by atoms with E-state index in [0.717, 1.165) is 44.9 Å². The molecule has 0 aromatic rings. The first-order valence-electron chi connectivity index (χ1n) is 19.6. The Labute approximate surface area is 318 Å². The Morgan fingerprint density at radius 3 is 1.38 bits per heavy atom. The zero-order valence-corrected chi connectivity index (χ0v) is 33.1. The van der Waals surface area contributed by atoms with Gasteiger partial charge in [-0.15, -0.1) is 0 Å². The molecule has 0 radical (unpaired) electrons. The van der Waals surface area contributed by atoms with E-state index in [2.05, 4.69) is 16.0 Å². The number of ketones is 1. The molecule has 0 saturated heterocycles. The Morgan fingerprint density at radius 1 is 0.509 bits per heavy atom. The molecular weight excluding hydrogens is 709 g/mol. The number of hydrogen-bond donors (Lipinski definition) is 6. The van der Waals surface area contributed by atoms with E-state index >= 15 is 0 Å². The second kappa shape index (κ2) is 38.0. The largest absolute Gasteiger partial charge is 0.481 e. The molecular formula is C37H70N3O12P. The van der Waals surface area contributed by atoms with Gasteiger partial charge in [0.2, 0.25) is 17.7 Å². The molecule has 3 amide bonds. The van der Waals surface area contributed by atoms with Crippen LogP contribution in [0.5, 0.6) is 0 Å². The lowest BCUT2D eigenvalue weighted by molar-refractivity contribution is -0.137. The number of carbonyl (C=O) groups excluding carboxylic acids is 4. The van der Waals surface area contributed by atoms with Crippen molar-refractivity contribution in [2.24, 2.45) is 0 Å². The normalized spacial score (nSPS) is 11.8. The molecule has 53 heavy (non-hydrogen) atoms. The number of rotatable bonds is 40. The van der Waals surface area contributed by atoms with Crippen LogP contribution in [0.3, 0.4) is 0 Å². The van der Waals surface area contributed by atoms with Crippen LogP contribution >= 0.6 is 8.38 Å². The van der Waals surface area contributed by atoms with Crippen molar-refractivity contribution in [3.8, 4) is 0 Å². The summed E-state index contributed by atoms with van der Waals surface area (Å²) in [7, 11) is -2.42. The number of Topliss-reactive ketones (excluding diaryl/α,β-unsaturated/α-hetero) is 1. The lowest BCUT2D eigenvalue weighted by atomic mass is 10.0. The zero-order valence-electron chi connectivity index (χ0n) is 32.3. The molecule has 0 aliphatic heterocycles. The van der Waals surface area contributed by atoms with Crippen LogP contribution in [0.25, 0.3) is 0 Å². The average molecular weight is 780 g/mol. The number of ether oxygens (including phenoxy) is 4. The van der Waals surface area contributed by atoms with Gasteiger partial charge in [-0.2, -0.15) is 0 Å². The second-order valence-corrected chi connectivity index (χ2v) is 14.5. The first-order chi connectivity index (χ1) is 25.6. The van der Waals surface area contributed by atoms with E-state index in [0.29, 0.717) is 32.8 Å². The summed E-state index contributed by atoms with van der Waals surface area (Å²) in [5, 5.41) is 16.7. The molecule has 0 heterocycles. The first-order valence-corrected chi connectivity index (χ1v) is 21.0.